The van der Waals surface area contributed by atoms with Gasteiger partial charge in [-0.2, -0.15) is 13.2 Å². The van der Waals surface area contributed by atoms with Crippen molar-refractivity contribution in [2.24, 2.45) is 0 Å². The molecule has 0 saturated carbocycles. The first-order chi connectivity index (χ1) is 7.27. The number of aromatic nitrogens is 1. The van der Waals surface area contributed by atoms with Gasteiger partial charge < -0.3 is 5.73 Å². The molecule has 1 heterocycles. The SMILES string of the molecule is Nc1c(C(F)(F)F)cc(C=O)nc1C(F)F. The van der Waals surface area contributed by atoms with Gasteiger partial charge in [0.1, 0.15) is 11.4 Å². The van der Waals surface area contributed by atoms with E-state index in [-0.39, 0.29) is 6.29 Å². The summed E-state index contributed by atoms with van der Waals surface area (Å²) in [4.78, 5) is 13.3. The molecule has 8 heteroatoms. The van der Waals surface area contributed by atoms with Gasteiger partial charge >= 0.3 is 6.18 Å². The van der Waals surface area contributed by atoms with Gasteiger partial charge in [0, 0.05) is 0 Å². The van der Waals surface area contributed by atoms with Crippen LogP contribution in [0.2, 0.25) is 0 Å². The van der Waals surface area contributed by atoms with Crippen molar-refractivity contribution in [1.82, 2.24) is 4.98 Å². The molecule has 16 heavy (non-hydrogen) atoms. The Hall–Kier alpha value is -1.73. The summed E-state index contributed by atoms with van der Waals surface area (Å²) in [7, 11) is 0. The summed E-state index contributed by atoms with van der Waals surface area (Å²) in [5.41, 5.74) is 0.292. The van der Waals surface area contributed by atoms with E-state index in [4.69, 9.17) is 5.73 Å². The lowest BCUT2D eigenvalue weighted by atomic mass is 10.1. The van der Waals surface area contributed by atoms with Crippen molar-refractivity contribution in [1.29, 1.82) is 0 Å². The first-order valence-corrected chi connectivity index (χ1v) is 3.88. The first kappa shape index (κ1) is 12.3. The van der Waals surface area contributed by atoms with Crippen molar-refractivity contribution in [3.8, 4) is 0 Å². The van der Waals surface area contributed by atoms with E-state index in [9.17, 15) is 26.7 Å². The summed E-state index contributed by atoms with van der Waals surface area (Å²) in [6, 6.07) is 0.328. The quantitative estimate of drug-likeness (QED) is 0.638. The number of hydrogen-bond donors (Lipinski definition) is 1. The molecule has 2 N–H and O–H groups in total. The largest absolute Gasteiger partial charge is 0.418 e. The van der Waals surface area contributed by atoms with E-state index in [2.05, 4.69) is 4.98 Å². The first-order valence-electron chi connectivity index (χ1n) is 3.88. The van der Waals surface area contributed by atoms with E-state index >= 15 is 0 Å². The van der Waals surface area contributed by atoms with Gasteiger partial charge in [0.25, 0.3) is 6.43 Å². The minimum absolute atomic E-state index is 0.0550. The predicted molar refractivity (Wildman–Crippen MR) is 44.0 cm³/mol. The van der Waals surface area contributed by atoms with Crippen molar-refractivity contribution >= 4 is 12.0 Å². The molecule has 0 saturated heterocycles. The Bertz CT molecular complexity index is 416. The molecule has 0 spiro atoms. The zero-order valence-corrected chi connectivity index (χ0v) is 7.55. The second kappa shape index (κ2) is 4.03. The summed E-state index contributed by atoms with van der Waals surface area (Å²) in [5.74, 6) is 0. The Labute approximate surface area is 86.1 Å². The van der Waals surface area contributed by atoms with E-state index in [0.717, 1.165) is 0 Å². The standard InChI is InChI=1S/C8H5F5N2O/c9-7(10)6-5(14)4(8(11,12)13)1-3(2-16)15-6/h1-2,7H,14H2. The van der Waals surface area contributed by atoms with Gasteiger partial charge in [-0.05, 0) is 6.07 Å². The highest BCUT2D eigenvalue weighted by molar-refractivity contribution is 5.74. The van der Waals surface area contributed by atoms with Gasteiger partial charge in [0.15, 0.2) is 6.29 Å². The number of hydrogen-bond acceptors (Lipinski definition) is 3. The molecule has 0 amide bonds. The van der Waals surface area contributed by atoms with Crippen molar-refractivity contribution < 1.29 is 26.7 Å². The fraction of sp³-hybridized carbons (Fsp3) is 0.250. The third-order valence-corrected chi connectivity index (χ3v) is 1.74. The lowest BCUT2D eigenvalue weighted by Gasteiger charge is -2.13. The highest BCUT2D eigenvalue weighted by atomic mass is 19.4. The maximum absolute atomic E-state index is 12.3. The second-order valence-corrected chi connectivity index (χ2v) is 2.81. The van der Waals surface area contributed by atoms with Gasteiger partial charge in [-0.1, -0.05) is 0 Å². The number of anilines is 1. The monoisotopic (exact) mass is 240 g/mol. The fourth-order valence-corrected chi connectivity index (χ4v) is 1.06. The molecular weight excluding hydrogens is 235 g/mol. The molecule has 0 radical (unpaired) electrons. The normalized spacial score (nSPS) is 11.9. The van der Waals surface area contributed by atoms with Crippen LogP contribution in [0.3, 0.4) is 0 Å². The second-order valence-electron chi connectivity index (χ2n) is 2.81. The Morgan fingerprint density at radius 2 is 1.94 bits per heavy atom. The van der Waals surface area contributed by atoms with Crippen LogP contribution in [0.25, 0.3) is 0 Å². The summed E-state index contributed by atoms with van der Waals surface area (Å²) in [6.45, 7) is 0. The molecule has 0 fully saturated rings. The van der Waals surface area contributed by atoms with E-state index in [1.807, 2.05) is 0 Å². The van der Waals surface area contributed by atoms with Crippen LogP contribution in [-0.2, 0) is 6.18 Å². The van der Waals surface area contributed by atoms with Crippen LogP contribution in [0.4, 0.5) is 27.6 Å². The van der Waals surface area contributed by atoms with Crippen LogP contribution in [0.15, 0.2) is 6.07 Å². The van der Waals surface area contributed by atoms with E-state index in [1.54, 1.807) is 0 Å². The molecule has 3 nitrogen and oxygen atoms in total. The van der Waals surface area contributed by atoms with E-state index in [0.29, 0.717) is 6.07 Å². The number of nitrogens with zero attached hydrogens (tertiary/aromatic N) is 1. The third kappa shape index (κ3) is 2.26. The Kier molecular flexibility index (Phi) is 3.11. The molecule has 1 aromatic rings. The van der Waals surface area contributed by atoms with Crippen LogP contribution in [0.1, 0.15) is 28.2 Å². The van der Waals surface area contributed by atoms with Crippen LogP contribution < -0.4 is 5.73 Å². The summed E-state index contributed by atoms with van der Waals surface area (Å²) in [5, 5.41) is 0. The molecule has 1 aromatic heterocycles. The van der Waals surface area contributed by atoms with Gasteiger partial charge in [-0.15, -0.1) is 0 Å². The molecular formula is C8H5F5N2O. The number of nitrogen functional groups attached to an aromatic ring is 1. The number of carbonyl (C=O) groups excluding carboxylic acids is 1. The molecule has 1 rings (SSSR count). The number of aldehydes is 1. The van der Waals surface area contributed by atoms with Gasteiger partial charge in [-0.3, -0.25) is 4.79 Å². The van der Waals surface area contributed by atoms with E-state index < -0.39 is 35.2 Å². The van der Waals surface area contributed by atoms with Crippen molar-refractivity contribution in [2.45, 2.75) is 12.6 Å². The molecule has 0 unspecified atom stereocenters. The molecule has 88 valence electrons. The number of pyridine rings is 1. The zero-order valence-electron chi connectivity index (χ0n) is 7.55. The van der Waals surface area contributed by atoms with E-state index in [1.165, 1.54) is 0 Å². The molecule has 0 aromatic carbocycles. The minimum atomic E-state index is -4.91. The minimum Gasteiger partial charge on any atom is -0.397 e. The van der Waals surface area contributed by atoms with Crippen molar-refractivity contribution in [3.05, 3.63) is 23.0 Å². The average molecular weight is 240 g/mol. The maximum atomic E-state index is 12.3. The highest BCUT2D eigenvalue weighted by Crippen LogP contribution is 2.37. The van der Waals surface area contributed by atoms with Crippen molar-refractivity contribution in [2.75, 3.05) is 5.73 Å². The number of nitrogens with two attached hydrogens (primary N) is 1. The third-order valence-electron chi connectivity index (χ3n) is 1.74. The molecule has 0 aliphatic carbocycles. The summed E-state index contributed by atoms with van der Waals surface area (Å²) in [6.07, 6.45) is -8.24. The Morgan fingerprint density at radius 3 is 2.31 bits per heavy atom. The van der Waals surface area contributed by atoms with Crippen LogP contribution in [-0.4, -0.2) is 11.3 Å². The van der Waals surface area contributed by atoms with Crippen LogP contribution >= 0.6 is 0 Å². The smallest absolute Gasteiger partial charge is 0.397 e. The summed E-state index contributed by atoms with van der Waals surface area (Å²) < 4.78 is 61.6. The predicted octanol–water partition coefficient (Wildman–Crippen LogP) is 2.43. The zero-order chi connectivity index (χ0) is 12.5. The Balaban J connectivity index is 3.49. The topological polar surface area (TPSA) is 56.0 Å². The van der Waals surface area contributed by atoms with Crippen LogP contribution in [0.5, 0.6) is 0 Å². The lowest BCUT2D eigenvalue weighted by Crippen LogP contribution is -2.14. The highest BCUT2D eigenvalue weighted by Gasteiger charge is 2.36. The fourth-order valence-electron chi connectivity index (χ4n) is 1.06. The maximum Gasteiger partial charge on any atom is 0.418 e. The molecule has 0 atom stereocenters. The Morgan fingerprint density at radius 1 is 1.38 bits per heavy atom. The van der Waals surface area contributed by atoms with Crippen molar-refractivity contribution in [3.63, 3.8) is 0 Å². The van der Waals surface area contributed by atoms with Gasteiger partial charge in [-0.25, -0.2) is 13.8 Å². The molecule has 0 bridgehead atoms. The number of alkyl halides is 5. The average Bonchev–Trinajstić information content (AvgIpc) is 2.15. The molecule has 0 aliphatic rings. The summed E-state index contributed by atoms with van der Waals surface area (Å²) >= 11 is 0. The van der Waals surface area contributed by atoms with Crippen LogP contribution in [0, 0.1) is 0 Å². The number of rotatable bonds is 2. The number of halogens is 5. The van der Waals surface area contributed by atoms with Gasteiger partial charge in [0.05, 0.1) is 11.3 Å². The van der Waals surface area contributed by atoms with Gasteiger partial charge in [0.2, 0.25) is 0 Å². The number of carbonyl (C=O) groups is 1. The lowest BCUT2D eigenvalue weighted by molar-refractivity contribution is -0.137. The molecule has 0 aliphatic heterocycles.